The average molecular weight is 324 g/mol. The molecule has 0 saturated carbocycles. The first kappa shape index (κ1) is 13.9. The third kappa shape index (κ3) is 3.47. The molecule has 4 heteroatoms. The molecule has 100 valence electrons. The van der Waals surface area contributed by atoms with E-state index in [2.05, 4.69) is 21.2 Å². The van der Waals surface area contributed by atoms with Crippen molar-refractivity contribution >= 4 is 21.6 Å². The fourth-order valence-electron chi connectivity index (χ4n) is 1.79. The summed E-state index contributed by atoms with van der Waals surface area (Å²) in [5, 5.41) is 3.29. The van der Waals surface area contributed by atoms with Crippen LogP contribution in [-0.2, 0) is 6.54 Å². The standard InChI is InChI=1S/C15H15BrFNO/c1-10-7-11(3-6-14(10)17)9-18-12-4-5-13(16)15(8-12)19-2/h3-8,18H,9H2,1-2H3. The lowest BCUT2D eigenvalue weighted by Crippen LogP contribution is -2.00. The molecule has 0 saturated heterocycles. The van der Waals surface area contributed by atoms with Crippen LogP contribution in [0.2, 0.25) is 0 Å². The molecule has 0 atom stereocenters. The van der Waals surface area contributed by atoms with E-state index in [0.29, 0.717) is 12.1 Å². The van der Waals surface area contributed by atoms with Gasteiger partial charge >= 0.3 is 0 Å². The largest absolute Gasteiger partial charge is 0.495 e. The molecule has 0 bridgehead atoms. The van der Waals surface area contributed by atoms with Crippen LogP contribution in [0.5, 0.6) is 5.75 Å². The Balaban J connectivity index is 2.07. The van der Waals surface area contributed by atoms with Gasteiger partial charge in [-0.15, -0.1) is 0 Å². The molecule has 2 nitrogen and oxygen atoms in total. The van der Waals surface area contributed by atoms with E-state index in [1.165, 1.54) is 6.07 Å². The highest BCUT2D eigenvalue weighted by molar-refractivity contribution is 9.10. The Morgan fingerprint density at radius 3 is 2.68 bits per heavy atom. The molecule has 0 radical (unpaired) electrons. The van der Waals surface area contributed by atoms with E-state index in [-0.39, 0.29) is 5.82 Å². The molecule has 0 fully saturated rings. The number of halogens is 2. The summed E-state index contributed by atoms with van der Waals surface area (Å²) in [5.74, 6) is 0.606. The molecule has 0 aliphatic carbocycles. The summed E-state index contributed by atoms with van der Waals surface area (Å²) in [7, 11) is 1.63. The Hall–Kier alpha value is -1.55. The number of hydrogen-bond donors (Lipinski definition) is 1. The minimum absolute atomic E-state index is 0.172. The maximum atomic E-state index is 13.2. The van der Waals surface area contributed by atoms with Crippen molar-refractivity contribution in [3.63, 3.8) is 0 Å². The quantitative estimate of drug-likeness (QED) is 0.893. The number of hydrogen-bond acceptors (Lipinski definition) is 2. The summed E-state index contributed by atoms with van der Waals surface area (Å²) in [5.41, 5.74) is 2.66. The van der Waals surface area contributed by atoms with Crippen molar-refractivity contribution in [2.24, 2.45) is 0 Å². The van der Waals surface area contributed by atoms with E-state index in [4.69, 9.17) is 4.74 Å². The van der Waals surface area contributed by atoms with Gasteiger partial charge in [0, 0.05) is 18.3 Å². The minimum atomic E-state index is -0.172. The lowest BCUT2D eigenvalue weighted by molar-refractivity contribution is 0.412. The average Bonchev–Trinajstić information content (AvgIpc) is 2.41. The highest BCUT2D eigenvalue weighted by Gasteiger charge is 2.02. The smallest absolute Gasteiger partial charge is 0.135 e. The van der Waals surface area contributed by atoms with Crippen molar-refractivity contribution < 1.29 is 9.13 Å². The molecule has 0 aliphatic heterocycles. The van der Waals surface area contributed by atoms with Gasteiger partial charge in [-0.05, 0) is 52.2 Å². The third-order valence-corrected chi connectivity index (χ3v) is 3.53. The lowest BCUT2D eigenvalue weighted by atomic mass is 10.1. The van der Waals surface area contributed by atoms with Crippen molar-refractivity contribution in [1.82, 2.24) is 0 Å². The number of nitrogens with one attached hydrogen (secondary N) is 1. The molecule has 2 aromatic carbocycles. The number of ether oxygens (including phenoxy) is 1. The van der Waals surface area contributed by atoms with Crippen LogP contribution in [0, 0.1) is 12.7 Å². The zero-order chi connectivity index (χ0) is 13.8. The molecule has 0 aliphatic rings. The SMILES string of the molecule is COc1cc(NCc2ccc(F)c(C)c2)ccc1Br. The van der Waals surface area contributed by atoms with Crippen molar-refractivity contribution in [1.29, 1.82) is 0 Å². The Bertz CT molecular complexity index is 586. The van der Waals surface area contributed by atoms with Crippen LogP contribution in [0.4, 0.5) is 10.1 Å². The van der Waals surface area contributed by atoms with Gasteiger partial charge in [-0.2, -0.15) is 0 Å². The predicted molar refractivity (Wildman–Crippen MR) is 79.2 cm³/mol. The maximum absolute atomic E-state index is 13.2. The van der Waals surface area contributed by atoms with Crippen LogP contribution in [0.25, 0.3) is 0 Å². The highest BCUT2D eigenvalue weighted by atomic mass is 79.9. The molecule has 2 rings (SSSR count). The van der Waals surface area contributed by atoms with Gasteiger partial charge in [-0.1, -0.05) is 12.1 Å². The van der Waals surface area contributed by atoms with Crippen LogP contribution in [-0.4, -0.2) is 7.11 Å². The second-order valence-electron chi connectivity index (χ2n) is 4.29. The van der Waals surface area contributed by atoms with Crippen LogP contribution in [0.15, 0.2) is 40.9 Å². The Morgan fingerprint density at radius 1 is 1.21 bits per heavy atom. The first-order valence-electron chi connectivity index (χ1n) is 5.92. The highest BCUT2D eigenvalue weighted by Crippen LogP contribution is 2.28. The zero-order valence-electron chi connectivity index (χ0n) is 10.8. The first-order valence-corrected chi connectivity index (χ1v) is 6.72. The second-order valence-corrected chi connectivity index (χ2v) is 5.14. The summed E-state index contributed by atoms with van der Waals surface area (Å²) >= 11 is 3.41. The van der Waals surface area contributed by atoms with Gasteiger partial charge in [0.05, 0.1) is 11.6 Å². The lowest BCUT2D eigenvalue weighted by Gasteiger charge is -2.10. The van der Waals surface area contributed by atoms with Gasteiger partial charge in [0.1, 0.15) is 11.6 Å². The number of rotatable bonds is 4. The number of aryl methyl sites for hydroxylation is 1. The van der Waals surface area contributed by atoms with Gasteiger partial charge in [0.15, 0.2) is 0 Å². The van der Waals surface area contributed by atoms with Crippen LogP contribution >= 0.6 is 15.9 Å². The summed E-state index contributed by atoms with van der Waals surface area (Å²) in [6.07, 6.45) is 0. The number of anilines is 1. The van der Waals surface area contributed by atoms with Gasteiger partial charge in [-0.25, -0.2) is 4.39 Å². The Morgan fingerprint density at radius 2 is 2.00 bits per heavy atom. The van der Waals surface area contributed by atoms with Gasteiger partial charge < -0.3 is 10.1 Å². The van der Waals surface area contributed by atoms with Crippen molar-refractivity contribution in [3.8, 4) is 5.75 Å². The Kier molecular flexibility index (Phi) is 4.43. The fourth-order valence-corrected chi connectivity index (χ4v) is 2.20. The maximum Gasteiger partial charge on any atom is 0.135 e. The minimum Gasteiger partial charge on any atom is -0.495 e. The molecule has 19 heavy (non-hydrogen) atoms. The van der Waals surface area contributed by atoms with E-state index < -0.39 is 0 Å². The van der Waals surface area contributed by atoms with Crippen molar-refractivity contribution in [3.05, 3.63) is 57.8 Å². The predicted octanol–water partition coefficient (Wildman–Crippen LogP) is 4.52. The van der Waals surface area contributed by atoms with E-state index in [0.717, 1.165) is 21.5 Å². The summed E-state index contributed by atoms with van der Waals surface area (Å²) < 4.78 is 19.3. The van der Waals surface area contributed by atoms with E-state index in [1.807, 2.05) is 24.3 Å². The molecule has 1 N–H and O–H groups in total. The molecule has 2 aromatic rings. The summed E-state index contributed by atoms with van der Waals surface area (Å²) in [6.45, 7) is 2.41. The van der Waals surface area contributed by atoms with Gasteiger partial charge in [-0.3, -0.25) is 0 Å². The van der Waals surface area contributed by atoms with E-state index in [9.17, 15) is 4.39 Å². The summed E-state index contributed by atoms with van der Waals surface area (Å²) in [4.78, 5) is 0. The van der Waals surface area contributed by atoms with E-state index >= 15 is 0 Å². The first-order chi connectivity index (χ1) is 9.10. The monoisotopic (exact) mass is 323 g/mol. The second kappa shape index (κ2) is 6.06. The van der Waals surface area contributed by atoms with Crippen molar-refractivity contribution in [2.45, 2.75) is 13.5 Å². The van der Waals surface area contributed by atoms with Crippen LogP contribution in [0.1, 0.15) is 11.1 Å². The molecule has 0 spiro atoms. The van der Waals surface area contributed by atoms with Gasteiger partial charge in [0.2, 0.25) is 0 Å². The molecule has 0 unspecified atom stereocenters. The van der Waals surface area contributed by atoms with Gasteiger partial charge in [0.25, 0.3) is 0 Å². The normalized spacial score (nSPS) is 10.3. The summed E-state index contributed by atoms with van der Waals surface area (Å²) in [6, 6.07) is 10.9. The molecule has 0 aromatic heterocycles. The van der Waals surface area contributed by atoms with Crippen molar-refractivity contribution in [2.75, 3.05) is 12.4 Å². The molecule has 0 amide bonds. The molecule has 0 heterocycles. The van der Waals surface area contributed by atoms with Crippen LogP contribution < -0.4 is 10.1 Å². The molecular weight excluding hydrogens is 309 g/mol. The Labute approximate surface area is 120 Å². The fraction of sp³-hybridized carbons (Fsp3) is 0.200. The number of benzene rings is 2. The number of methoxy groups -OCH3 is 1. The topological polar surface area (TPSA) is 21.3 Å². The zero-order valence-corrected chi connectivity index (χ0v) is 12.4. The van der Waals surface area contributed by atoms with E-state index in [1.54, 1.807) is 20.1 Å². The third-order valence-electron chi connectivity index (χ3n) is 2.87. The molecular formula is C15H15BrFNO. The van der Waals surface area contributed by atoms with Crippen LogP contribution in [0.3, 0.4) is 0 Å².